The summed E-state index contributed by atoms with van der Waals surface area (Å²) < 4.78 is 28.9. The van der Waals surface area contributed by atoms with Crippen molar-refractivity contribution < 1.29 is 8.42 Å². The Bertz CT molecular complexity index is 393. The molecule has 2 heterocycles. The molecule has 2 atom stereocenters. The number of likely N-dealkylation sites (N-methyl/N-ethyl adjacent to an activating group) is 1. The van der Waals surface area contributed by atoms with E-state index in [1.165, 1.54) is 12.8 Å². The summed E-state index contributed by atoms with van der Waals surface area (Å²) in [5.74, 6) is 0.477. The third-order valence-electron chi connectivity index (χ3n) is 4.46. The van der Waals surface area contributed by atoms with Crippen LogP contribution in [-0.4, -0.2) is 55.8 Å². The molecule has 1 N–H and O–H groups in total. The molecule has 118 valence electrons. The highest BCUT2D eigenvalue weighted by Crippen LogP contribution is 2.21. The van der Waals surface area contributed by atoms with Crippen LogP contribution >= 0.6 is 0 Å². The van der Waals surface area contributed by atoms with Crippen LogP contribution in [0.1, 0.15) is 46.0 Å². The van der Waals surface area contributed by atoms with Crippen molar-refractivity contribution in [3.05, 3.63) is 0 Å². The van der Waals surface area contributed by atoms with E-state index >= 15 is 0 Å². The van der Waals surface area contributed by atoms with Crippen LogP contribution in [0, 0.1) is 5.92 Å². The molecule has 0 aromatic carbocycles. The monoisotopic (exact) mass is 303 g/mol. The van der Waals surface area contributed by atoms with Gasteiger partial charge in [0.1, 0.15) is 0 Å². The first kappa shape index (κ1) is 16.2. The minimum atomic E-state index is -3.28. The van der Waals surface area contributed by atoms with Gasteiger partial charge in [0.15, 0.2) is 0 Å². The van der Waals surface area contributed by atoms with Gasteiger partial charge in [0, 0.05) is 32.2 Å². The molecule has 2 aliphatic heterocycles. The van der Waals surface area contributed by atoms with E-state index in [-0.39, 0.29) is 0 Å². The fourth-order valence-corrected chi connectivity index (χ4v) is 5.06. The maximum Gasteiger partial charge on any atom is 0.282 e. The Kier molecular flexibility index (Phi) is 5.84. The van der Waals surface area contributed by atoms with Crippen molar-refractivity contribution in [2.24, 2.45) is 5.92 Å². The molecule has 6 heteroatoms. The minimum absolute atomic E-state index is 0.320. The van der Waals surface area contributed by atoms with E-state index in [4.69, 9.17) is 0 Å². The van der Waals surface area contributed by atoms with Crippen LogP contribution < -0.4 is 5.32 Å². The molecule has 0 saturated carbocycles. The highest BCUT2D eigenvalue weighted by Gasteiger charge is 2.33. The summed E-state index contributed by atoms with van der Waals surface area (Å²) in [5, 5.41) is 3.44. The molecule has 0 amide bonds. The predicted octanol–water partition coefficient (Wildman–Crippen LogP) is 1.43. The summed E-state index contributed by atoms with van der Waals surface area (Å²) in [5.41, 5.74) is 0. The molecule has 2 rings (SSSR count). The lowest BCUT2D eigenvalue weighted by Crippen LogP contribution is -2.52. The topological polar surface area (TPSA) is 52.7 Å². The fraction of sp³-hybridized carbons (Fsp3) is 1.00. The lowest BCUT2D eigenvalue weighted by atomic mass is 10.0. The molecular weight excluding hydrogens is 274 g/mol. The first-order valence-corrected chi connectivity index (χ1v) is 9.42. The third-order valence-corrected chi connectivity index (χ3v) is 6.51. The summed E-state index contributed by atoms with van der Waals surface area (Å²) in [6, 6.07) is 0.320. The summed E-state index contributed by atoms with van der Waals surface area (Å²) in [4.78, 5) is 0. The molecule has 0 spiro atoms. The van der Waals surface area contributed by atoms with E-state index in [1.807, 2.05) is 6.92 Å². The Labute approximate surface area is 123 Å². The van der Waals surface area contributed by atoms with Crippen LogP contribution in [-0.2, 0) is 10.2 Å². The standard InChI is InChI=1S/C14H29N3O2S/c1-3-16(12-14-8-4-5-9-15-14)20(18,19)17-10-6-7-13(2)11-17/h13-15H,3-12H2,1-2H3. The van der Waals surface area contributed by atoms with Crippen molar-refractivity contribution in [1.82, 2.24) is 13.9 Å². The van der Waals surface area contributed by atoms with Gasteiger partial charge in [-0.15, -0.1) is 0 Å². The van der Waals surface area contributed by atoms with Gasteiger partial charge in [0.05, 0.1) is 0 Å². The zero-order valence-corrected chi connectivity index (χ0v) is 13.7. The second-order valence-corrected chi connectivity index (χ2v) is 8.14. The van der Waals surface area contributed by atoms with Gasteiger partial charge in [-0.25, -0.2) is 0 Å². The zero-order valence-electron chi connectivity index (χ0n) is 12.8. The van der Waals surface area contributed by atoms with Gasteiger partial charge < -0.3 is 5.32 Å². The normalized spacial score (nSPS) is 29.8. The predicted molar refractivity (Wildman–Crippen MR) is 81.8 cm³/mol. The Morgan fingerprint density at radius 2 is 2.05 bits per heavy atom. The Balaban J connectivity index is 2.00. The van der Waals surface area contributed by atoms with Gasteiger partial charge in [-0.2, -0.15) is 17.0 Å². The van der Waals surface area contributed by atoms with Crippen LogP contribution in [0.3, 0.4) is 0 Å². The van der Waals surface area contributed by atoms with Crippen molar-refractivity contribution in [2.45, 2.75) is 52.0 Å². The van der Waals surface area contributed by atoms with Gasteiger partial charge in [-0.1, -0.05) is 20.3 Å². The zero-order chi connectivity index (χ0) is 14.6. The largest absolute Gasteiger partial charge is 0.313 e. The average molecular weight is 303 g/mol. The maximum atomic E-state index is 12.8. The molecule has 2 unspecified atom stereocenters. The van der Waals surface area contributed by atoms with Crippen molar-refractivity contribution >= 4 is 10.2 Å². The molecule has 2 aliphatic rings. The van der Waals surface area contributed by atoms with Crippen molar-refractivity contribution in [3.63, 3.8) is 0 Å². The Hall–Kier alpha value is -0.170. The van der Waals surface area contributed by atoms with Crippen LogP contribution in [0.15, 0.2) is 0 Å². The number of piperidine rings is 2. The van der Waals surface area contributed by atoms with E-state index in [2.05, 4.69) is 12.2 Å². The second-order valence-electron chi connectivity index (χ2n) is 6.21. The summed E-state index contributed by atoms with van der Waals surface area (Å²) in [6.45, 7) is 7.63. The van der Waals surface area contributed by atoms with Crippen LogP contribution in [0.4, 0.5) is 0 Å². The van der Waals surface area contributed by atoms with Gasteiger partial charge in [-0.05, 0) is 38.1 Å². The molecule has 0 radical (unpaired) electrons. The summed E-state index contributed by atoms with van der Waals surface area (Å²) >= 11 is 0. The lowest BCUT2D eigenvalue weighted by molar-refractivity contribution is 0.248. The highest BCUT2D eigenvalue weighted by atomic mass is 32.2. The molecule has 2 saturated heterocycles. The van der Waals surface area contributed by atoms with Crippen LogP contribution in [0.5, 0.6) is 0 Å². The second kappa shape index (κ2) is 7.20. The van der Waals surface area contributed by atoms with Crippen molar-refractivity contribution in [2.75, 3.05) is 32.7 Å². The van der Waals surface area contributed by atoms with Crippen molar-refractivity contribution in [3.8, 4) is 0 Å². The maximum absolute atomic E-state index is 12.8. The number of nitrogens with zero attached hydrogens (tertiary/aromatic N) is 2. The molecule has 2 fully saturated rings. The lowest BCUT2D eigenvalue weighted by Gasteiger charge is -2.36. The summed E-state index contributed by atoms with van der Waals surface area (Å²) in [7, 11) is -3.28. The molecule has 5 nitrogen and oxygen atoms in total. The van der Waals surface area contributed by atoms with E-state index in [0.29, 0.717) is 38.1 Å². The molecule has 0 aromatic rings. The molecule has 0 aromatic heterocycles. The van der Waals surface area contributed by atoms with Gasteiger partial charge in [0.2, 0.25) is 0 Å². The van der Waals surface area contributed by atoms with Crippen molar-refractivity contribution in [1.29, 1.82) is 0 Å². The van der Waals surface area contributed by atoms with Crippen LogP contribution in [0.2, 0.25) is 0 Å². The molecular formula is C14H29N3O2S. The summed E-state index contributed by atoms with van der Waals surface area (Å²) in [6.07, 6.45) is 5.62. The van der Waals surface area contributed by atoms with E-state index in [1.54, 1.807) is 8.61 Å². The van der Waals surface area contributed by atoms with Gasteiger partial charge in [0.25, 0.3) is 10.2 Å². The number of hydrogen-bond acceptors (Lipinski definition) is 3. The van der Waals surface area contributed by atoms with Crippen LogP contribution in [0.25, 0.3) is 0 Å². The quantitative estimate of drug-likeness (QED) is 0.836. The van der Waals surface area contributed by atoms with Gasteiger partial charge >= 0.3 is 0 Å². The average Bonchev–Trinajstić information content (AvgIpc) is 2.45. The number of hydrogen-bond donors (Lipinski definition) is 1. The molecule has 0 bridgehead atoms. The highest BCUT2D eigenvalue weighted by molar-refractivity contribution is 7.86. The minimum Gasteiger partial charge on any atom is -0.313 e. The smallest absolute Gasteiger partial charge is 0.282 e. The van der Waals surface area contributed by atoms with Gasteiger partial charge in [-0.3, -0.25) is 0 Å². The number of rotatable bonds is 5. The first-order chi connectivity index (χ1) is 9.54. The SMILES string of the molecule is CCN(CC1CCCCN1)S(=O)(=O)N1CCCC(C)C1. The first-order valence-electron chi connectivity index (χ1n) is 8.02. The fourth-order valence-electron chi connectivity index (χ4n) is 3.23. The molecule has 0 aliphatic carbocycles. The van der Waals surface area contributed by atoms with E-state index in [0.717, 1.165) is 25.8 Å². The number of nitrogens with one attached hydrogen (secondary N) is 1. The van der Waals surface area contributed by atoms with E-state index < -0.39 is 10.2 Å². The van der Waals surface area contributed by atoms with E-state index in [9.17, 15) is 8.42 Å². The third kappa shape index (κ3) is 3.93. The Morgan fingerprint density at radius 1 is 1.25 bits per heavy atom. The Morgan fingerprint density at radius 3 is 2.65 bits per heavy atom. The molecule has 20 heavy (non-hydrogen) atoms.